The molecule has 0 unspecified atom stereocenters. The van der Waals surface area contributed by atoms with Crippen LogP contribution >= 0.6 is 11.3 Å². The summed E-state index contributed by atoms with van der Waals surface area (Å²) >= 11 is 1.64. The zero-order valence-corrected chi connectivity index (χ0v) is 16.3. The molecule has 2 aliphatic rings. The third-order valence-corrected chi connectivity index (χ3v) is 6.21. The second-order valence-corrected chi connectivity index (χ2v) is 8.10. The number of urea groups is 1. The van der Waals surface area contributed by atoms with E-state index in [1.165, 1.54) is 23.4 Å². The number of carbonyl (C=O) groups is 1. The quantitative estimate of drug-likeness (QED) is 0.857. The minimum atomic E-state index is -0.0266. The normalized spacial score (nSPS) is 17.4. The zero-order valence-electron chi connectivity index (χ0n) is 15.5. The first-order valence-electron chi connectivity index (χ1n) is 9.72. The van der Waals surface area contributed by atoms with Crippen LogP contribution in [0.25, 0.3) is 0 Å². The number of anilines is 1. The molecule has 1 saturated heterocycles. The summed E-state index contributed by atoms with van der Waals surface area (Å²) in [6.07, 6.45) is 4.59. The van der Waals surface area contributed by atoms with Gasteiger partial charge in [-0.3, -0.25) is 10.2 Å². The number of nitrogens with zero attached hydrogens (tertiary/aromatic N) is 3. The maximum Gasteiger partial charge on any atom is 0.323 e. The molecular weight excluding hydrogens is 360 g/mol. The highest BCUT2D eigenvalue weighted by atomic mass is 32.1. The van der Waals surface area contributed by atoms with Gasteiger partial charge in [0.2, 0.25) is 0 Å². The number of benzene rings is 1. The molecule has 1 aromatic carbocycles. The van der Waals surface area contributed by atoms with Crippen molar-refractivity contribution in [1.29, 1.82) is 0 Å². The van der Waals surface area contributed by atoms with Crippen molar-refractivity contribution in [3.05, 3.63) is 40.9 Å². The first-order chi connectivity index (χ1) is 13.3. The van der Waals surface area contributed by atoms with E-state index in [1.807, 2.05) is 35.2 Å². The number of aromatic nitrogens is 1. The van der Waals surface area contributed by atoms with Gasteiger partial charge in [-0.25, -0.2) is 9.78 Å². The summed E-state index contributed by atoms with van der Waals surface area (Å²) in [5, 5.41) is 3.75. The van der Waals surface area contributed by atoms with Crippen LogP contribution in [0.2, 0.25) is 0 Å². The molecule has 1 aromatic heterocycles. The number of thiazole rings is 1. The van der Waals surface area contributed by atoms with Gasteiger partial charge in [-0.05, 0) is 37.8 Å². The predicted molar refractivity (Wildman–Crippen MR) is 108 cm³/mol. The number of fused-ring (bicyclic) bond motifs is 1. The van der Waals surface area contributed by atoms with Crippen LogP contribution in [0.3, 0.4) is 0 Å². The second kappa shape index (κ2) is 8.71. The minimum Gasteiger partial charge on any atom is -0.492 e. The molecule has 0 spiro atoms. The van der Waals surface area contributed by atoms with Gasteiger partial charge in [0.05, 0.1) is 5.69 Å². The molecule has 0 radical (unpaired) electrons. The van der Waals surface area contributed by atoms with Gasteiger partial charge in [0.1, 0.15) is 12.4 Å². The van der Waals surface area contributed by atoms with Crippen molar-refractivity contribution in [3.8, 4) is 5.75 Å². The van der Waals surface area contributed by atoms with Crippen LogP contribution in [-0.4, -0.2) is 60.1 Å². The Morgan fingerprint density at radius 1 is 1.11 bits per heavy atom. The van der Waals surface area contributed by atoms with E-state index in [2.05, 4.69) is 15.2 Å². The summed E-state index contributed by atoms with van der Waals surface area (Å²) in [5.74, 6) is 0.904. The first-order valence-corrected chi connectivity index (χ1v) is 10.5. The molecule has 1 aliphatic carbocycles. The number of hydrogen-bond donors (Lipinski definition) is 1. The van der Waals surface area contributed by atoms with E-state index >= 15 is 0 Å². The largest absolute Gasteiger partial charge is 0.492 e. The van der Waals surface area contributed by atoms with Crippen molar-refractivity contribution in [3.63, 3.8) is 0 Å². The number of carbonyl (C=O) groups excluding carboxylic acids is 1. The minimum absolute atomic E-state index is 0.0266. The highest BCUT2D eigenvalue weighted by Gasteiger charge is 2.23. The number of rotatable bonds is 5. The third-order valence-electron chi connectivity index (χ3n) is 5.14. The Hall–Kier alpha value is -2.12. The average molecular weight is 387 g/mol. The van der Waals surface area contributed by atoms with Crippen molar-refractivity contribution in [2.75, 3.05) is 44.6 Å². The van der Waals surface area contributed by atoms with Gasteiger partial charge in [-0.1, -0.05) is 18.2 Å². The second-order valence-electron chi connectivity index (χ2n) is 7.02. The van der Waals surface area contributed by atoms with E-state index in [0.29, 0.717) is 6.61 Å². The van der Waals surface area contributed by atoms with E-state index in [-0.39, 0.29) is 6.03 Å². The number of piperazine rings is 1. The fourth-order valence-corrected chi connectivity index (χ4v) is 4.60. The van der Waals surface area contributed by atoms with E-state index in [9.17, 15) is 4.79 Å². The van der Waals surface area contributed by atoms with Gasteiger partial charge in [-0.15, -0.1) is 11.3 Å². The molecule has 1 fully saturated rings. The molecule has 0 atom stereocenters. The molecule has 0 saturated carbocycles. The Balaban J connectivity index is 1.19. The number of ether oxygens (including phenoxy) is 1. The van der Waals surface area contributed by atoms with Crippen LogP contribution in [0.4, 0.5) is 9.93 Å². The summed E-state index contributed by atoms with van der Waals surface area (Å²) in [6, 6.07) is 9.86. The molecular formula is C20H26N4O2S. The predicted octanol–water partition coefficient (Wildman–Crippen LogP) is 3.25. The molecule has 2 heterocycles. The first kappa shape index (κ1) is 18.3. The summed E-state index contributed by atoms with van der Waals surface area (Å²) in [5.41, 5.74) is 1.18. The molecule has 1 aliphatic heterocycles. The Kier molecular flexibility index (Phi) is 5.89. The van der Waals surface area contributed by atoms with Crippen LogP contribution in [0.1, 0.15) is 23.4 Å². The topological polar surface area (TPSA) is 57.7 Å². The smallest absolute Gasteiger partial charge is 0.323 e. The van der Waals surface area contributed by atoms with Crippen molar-refractivity contribution < 1.29 is 9.53 Å². The lowest BCUT2D eigenvalue weighted by molar-refractivity contribution is 0.132. The number of hydrogen-bond acceptors (Lipinski definition) is 5. The SMILES string of the molecule is O=C(Nc1nc2c(s1)CCCC2)N1CCN(CCOc2ccccc2)CC1. The van der Waals surface area contributed by atoms with Crippen LogP contribution < -0.4 is 10.1 Å². The highest BCUT2D eigenvalue weighted by molar-refractivity contribution is 7.15. The maximum atomic E-state index is 12.5. The van der Waals surface area contributed by atoms with Crippen LogP contribution in [0.15, 0.2) is 30.3 Å². The summed E-state index contributed by atoms with van der Waals surface area (Å²) < 4.78 is 5.76. The molecule has 6 nitrogen and oxygen atoms in total. The van der Waals surface area contributed by atoms with E-state index in [1.54, 1.807) is 11.3 Å². The lowest BCUT2D eigenvalue weighted by Crippen LogP contribution is -2.50. The van der Waals surface area contributed by atoms with Crippen LogP contribution in [0.5, 0.6) is 5.75 Å². The molecule has 0 bridgehead atoms. The van der Waals surface area contributed by atoms with E-state index in [0.717, 1.165) is 56.4 Å². The van der Waals surface area contributed by atoms with Crippen LogP contribution in [0, 0.1) is 0 Å². The van der Waals surface area contributed by atoms with Gasteiger partial charge in [0, 0.05) is 37.6 Å². The molecule has 2 amide bonds. The number of para-hydroxylation sites is 1. The van der Waals surface area contributed by atoms with E-state index < -0.39 is 0 Å². The Morgan fingerprint density at radius 3 is 2.67 bits per heavy atom. The lowest BCUT2D eigenvalue weighted by Gasteiger charge is -2.34. The molecule has 7 heteroatoms. The summed E-state index contributed by atoms with van der Waals surface area (Å²) in [6.45, 7) is 4.77. The Bertz CT molecular complexity index is 733. The fourth-order valence-electron chi connectivity index (χ4n) is 3.56. The molecule has 27 heavy (non-hydrogen) atoms. The standard InChI is InChI=1S/C20H26N4O2S/c25-20(22-19-21-17-8-4-5-9-18(17)27-19)24-12-10-23(11-13-24)14-15-26-16-6-2-1-3-7-16/h1-3,6-7H,4-5,8-15H2,(H,21,22,25). The van der Waals surface area contributed by atoms with Gasteiger partial charge in [0.15, 0.2) is 5.13 Å². The van der Waals surface area contributed by atoms with Gasteiger partial charge in [-0.2, -0.15) is 0 Å². The Labute approximate surface area is 164 Å². The number of aryl methyl sites for hydroxylation is 2. The van der Waals surface area contributed by atoms with Crippen molar-refractivity contribution in [2.45, 2.75) is 25.7 Å². The average Bonchev–Trinajstić information content (AvgIpc) is 3.11. The monoisotopic (exact) mass is 386 g/mol. The highest BCUT2D eigenvalue weighted by Crippen LogP contribution is 2.29. The van der Waals surface area contributed by atoms with Crippen LogP contribution in [-0.2, 0) is 12.8 Å². The van der Waals surface area contributed by atoms with Crippen molar-refractivity contribution >= 4 is 22.5 Å². The van der Waals surface area contributed by atoms with Gasteiger partial charge in [0.25, 0.3) is 0 Å². The fraction of sp³-hybridized carbons (Fsp3) is 0.500. The molecule has 1 N–H and O–H groups in total. The van der Waals surface area contributed by atoms with Gasteiger partial charge < -0.3 is 9.64 Å². The molecule has 4 rings (SSSR count). The summed E-state index contributed by atoms with van der Waals surface area (Å²) in [4.78, 5) is 22.7. The number of nitrogens with one attached hydrogen (secondary N) is 1. The molecule has 2 aromatic rings. The van der Waals surface area contributed by atoms with E-state index in [4.69, 9.17) is 4.74 Å². The van der Waals surface area contributed by atoms with Crippen molar-refractivity contribution in [1.82, 2.24) is 14.8 Å². The Morgan fingerprint density at radius 2 is 1.89 bits per heavy atom. The number of amides is 2. The maximum absolute atomic E-state index is 12.5. The zero-order chi connectivity index (χ0) is 18.5. The molecule has 144 valence electrons. The van der Waals surface area contributed by atoms with Crippen molar-refractivity contribution in [2.24, 2.45) is 0 Å². The third kappa shape index (κ3) is 4.78. The summed E-state index contributed by atoms with van der Waals surface area (Å²) in [7, 11) is 0. The lowest BCUT2D eigenvalue weighted by atomic mass is 10.0. The van der Waals surface area contributed by atoms with Gasteiger partial charge >= 0.3 is 6.03 Å².